The maximum Gasteiger partial charge on any atom is 0.352 e. The first-order valence-electron chi connectivity index (χ1n) is 9.56. The van der Waals surface area contributed by atoms with E-state index in [4.69, 9.17) is 16.3 Å². The third-order valence-corrected chi connectivity index (χ3v) is 5.10. The Balaban J connectivity index is 1.76. The van der Waals surface area contributed by atoms with Gasteiger partial charge in [0.15, 0.2) is 0 Å². The number of nitrogens with one attached hydrogen (secondary N) is 2. The van der Waals surface area contributed by atoms with Crippen LogP contribution >= 0.6 is 11.6 Å². The molecule has 1 aliphatic rings. The van der Waals surface area contributed by atoms with E-state index >= 15 is 0 Å². The van der Waals surface area contributed by atoms with Gasteiger partial charge in [0.05, 0.1) is 23.5 Å². The van der Waals surface area contributed by atoms with Crippen LogP contribution in [0, 0.1) is 0 Å². The molecule has 0 spiro atoms. The molecule has 1 aromatic heterocycles. The van der Waals surface area contributed by atoms with Crippen LogP contribution in [-0.2, 0) is 4.79 Å². The number of benzene rings is 2. The van der Waals surface area contributed by atoms with Crippen molar-refractivity contribution in [2.75, 3.05) is 17.2 Å². The molecular weight excluding hydrogens is 420 g/mol. The minimum atomic E-state index is -1.15. The van der Waals surface area contributed by atoms with Gasteiger partial charge < -0.3 is 20.5 Å². The Morgan fingerprint density at radius 1 is 1.23 bits per heavy atom. The lowest BCUT2D eigenvalue weighted by Crippen LogP contribution is -2.26. The van der Waals surface area contributed by atoms with E-state index in [0.29, 0.717) is 23.1 Å². The lowest BCUT2D eigenvalue weighted by molar-refractivity contribution is -0.132. The molecule has 3 N–H and O–H groups in total. The second-order valence-electron chi connectivity index (χ2n) is 6.71. The van der Waals surface area contributed by atoms with Crippen LogP contribution in [-0.4, -0.2) is 33.4 Å². The van der Waals surface area contributed by atoms with Crippen LogP contribution in [0.5, 0.6) is 5.75 Å². The Morgan fingerprint density at radius 2 is 1.97 bits per heavy atom. The Hall–Kier alpha value is -3.78. The number of anilines is 2. The van der Waals surface area contributed by atoms with Crippen molar-refractivity contribution in [2.24, 2.45) is 0 Å². The highest BCUT2D eigenvalue weighted by atomic mass is 35.5. The Kier molecular flexibility index (Phi) is 5.64. The molecule has 158 valence electrons. The normalized spacial score (nSPS) is 14.8. The average molecular weight is 439 g/mol. The van der Waals surface area contributed by atoms with E-state index in [2.05, 4.69) is 15.7 Å². The van der Waals surface area contributed by atoms with E-state index in [-0.39, 0.29) is 17.1 Å². The zero-order chi connectivity index (χ0) is 22.0. The minimum Gasteiger partial charge on any atom is -0.494 e. The van der Waals surface area contributed by atoms with Crippen LogP contribution in [0.2, 0.25) is 5.02 Å². The molecule has 4 rings (SSSR count). The molecule has 0 saturated heterocycles. The van der Waals surface area contributed by atoms with Crippen molar-refractivity contribution in [1.82, 2.24) is 9.78 Å². The van der Waals surface area contributed by atoms with Gasteiger partial charge in [-0.15, -0.1) is 0 Å². The number of carbonyl (C=O) groups is 2. The SMILES string of the molecule is CCOc1ccccc1[C@H]1C=C(C(=O)O)Nc2c(C(=O)Nc3ccccc3Cl)cnn21. The number of para-hydroxylation sites is 2. The molecule has 1 aliphatic heterocycles. The Morgan fingerprint density at radius 3 is 2.71 bits per heavy atom. The molecule has 0 aliphatic carbocycles. The molecule has 0 bridgehead atoms. The molecule has 1 amide bonds. The predicted molar refractivity (Wildman–Crippen MR) is 117 cm³/mol. The van der Waals surface area contributed by atoms with E-state index < -0.39 is 17.9 Å². The zero-order valence-corrected chi connectivity index (χ0v) is 17.3. The van der Waals surface area contributed by atoms with Crippen molar-refractivity contribution >= 4 is 35.0 Å². The van der Waals surface area contributed by atoms with Crippen molar-refractivity contribution in [3.63, 3.8) is 0 Å². The molecule has 0 unspecified atom stereocenters. The second-order valence-corrected chi connectivity index (χ2v) is 7.12. The lowest BCUT2D eigenvalue weighted by atomic mass is 10.0. The number of hydrogen-bond donors (Lipinski definition) is 3. The van der Waals surface area contributed by atoms with Gasteiger partial charge in [0.25, 0.3) is 5.91 Å². The summed E-state index contributed by atoms with van der Waals surface area (Å²) in [7, 11) is 0. The van der Waals surface area contributed by atoms with Gasteiger partial charge in [-0.05, 0) is 31.2 Å². The lowest BCUT2D eigenvalue weighted by Gasteiger charge is -2.25. The maximum atomic E-state index is 12.9. The fourth-order valence-corrected chi connectivity index (χ4v) is 3.55. The third-order valence-electron chi connectivity index (χ3n) is 4.77. The molecular formula is C22H19ClN4O4. The number of aliphatic carboxylic acids is 1. The quantitative estimate of drug-likeness (QED) is 0.533. The first-order chi connectivity index (χ1) is 15.0. The van der Waals surface area contributed by atoms with E-state index in [1.807, 2.05) is 31.2 Å². The highest BCUT2D eigenvalue weighted by molar-refractivity contribution is 6.34. The fourth-order valence-electron chi connectivity index (χ4n) is 3.37. The summed E-state index contributed by atoms with van der Waals surface area (Å²) in [6.45, 7) is 2.32. The first kappa shape index (κ1) is 20.5. The number of halogens is 1. The minimum absolute atomic E-state index is 0.0592. The molecule has 3 aromatic rings. The smallest absolute Gasteiger partial charge is 0.352 e. The number of carboxylic acid groups (broad SMARTS) is 1. The summed E-state index contributed by atoms with van der Waals surface area (Å²) in [6, 6.07) is 13.6. The van der Waals surface area contributed by atoms with E-state index in [1.165, 1.54) is 12.3 Å². The summed E-state index contributed by atoms with van der Waals surface area (Å²) in [5, 5.41) is 19.9. The topological polar surface area (TPSA) is 105 Å². The van der Waals surface area contributed by atoms with Crippen LogP contribution in [0.1, 0.15) is 28.9 Å². The largest absolute Gasteiger partial charge is 0.494 e. The number of rotatable bonds is 6. The van der Waals surface area contributed by atoms with Crippen LogP contribution < -0.4 is 15.4 Å². The van der Waals surface area contributed by atoms with Gasteiger partial charge in [-0.3, -0.25) is 4.79 Å². The number of fused-ring (bicyclic) bond motifs is 1. The number of ether oxygens (including phenoxy) is 1. The molecule has 2 heterocycles. The summed E-state index contributed by atoms with van der Waals surface area (Å²) in [5.74, 6) is -0.740. The number of allylic oxidation sites excluding steroid dienone is 1. The number of nitrogens with zero attached hydrogens (tertiary/aromatic N) is 2. The van der Waals surface area contributed by atoms with Gasteiger partial charge in [-0.25, -0.2) is 9.48 Å². The molecule has 8 nitrogen and oxygen atoms in total. The number of amides is 1. The van der Waals surface area contributed by atoms with Gasteiger partial charge in [0.1, 0.15) is 28.9 Å². The summed E-state index contributed by atoms with van der Waals surface area (Å²) in [5.41, 5.74) is 1.30. The van der Waals surface area contributed by atoms with E-state index in [0.717, 1.165) is 5.56 Å². The predicted octanol–water partition coefficient (Wildman–Crippen LogP) is 4.17. The molecule has 9 heteroatoms. The van der Waals surface area contributed by atoms with Crippen molar-refractivity contribution < 1.29 is 19.4 Å². The molecule has 2 aromatic carbocycles. The van der Waals surface area contributed by atoms with Gasteiger partial charge >= 0.3 is 5.97 Å². The summed E-state index contributed by atoms with van der Waals surface area (Å²) < 4.78 is 7.28. The van der Waals surface area contributed by atoms with Gasteiger partial charge in [0.2, 0.25) is 0 Å². The van der Waals surface area contributed by atoms with Gasteiger partial charge in [-0.2, -0.15) is 5.10 Å². The fraction of sp³-hybridized carbons (Fsp3) is 0.136. The van der Waals surface area contributed by atoms with E-state index in [9.17, 15) is 14.7 Å². The van der Waals surface area contributed by atoms with Crippen LogP contribution in [0.4, 0.5) is 11.5 Å². The average Bonchev–Trinajstić information content (AvgIpc) is 3.19. The molecule has 1 atom stereocenters. The Bertz CT molecular complexity index is 1190. The second kappa shape index (κ2) is 8.53. The standard InChI is InChI=1S/C22H19ClN4O4/c1-2-31-19-10-6-3-7-13(19)18-11-17(22(29)30)25-20-14(12-24-27(18)20)21(28)26-16-9-5-4-8-15(16)23/h3-12,18,25H,2H2,1H3,(H,26,28)(H,29,30)/t18-/m1/s1. The first-order valence-corrected chi connectivity index (χ1v) is 9.94. The zero-order valence-electron chi connectivity index (χ0n) is 16.5. The Labute approximate surface area is 183 Å². The van der Waals surface area contributed by atoms with Crippen LogP contribution in [0.3, 0.4) is 0 Å². The molecule has 0 radical (unpaired) electrons. The van der Waals surface area contributed by atoms with Crippen LogP contribution in [0.25, 0.3) is 0 Å². The summed E-state index contributed by atoms with van der Waals surface area (Å²) in [6.07, 6.45) is 2.93. The third kappa shape index (κ3) is 3.97. The summed E-state index contributed by atoms with van der Waals surface area (Å²) >= 11 is 6.14. The van der Waals surface area contributed by atoms with Crippen molar-refractivity contribution in [3.05, 3.63) is 82.7 Å². The highest BCUT2D eigenvalue weighted by Gasteiger charge is 2.31. The van der Waals surface area contributed by atoms with E-state index in [1.54, 1.807) is 28.9 Å². The molecule has 0 saturated carbocycles. The monoisotopic (exact) mass is 438 g/mol. The molecule has 31 heavy (non-hydrogen) atoms. The van der Waals surface area contributed by atoms with Crippen molar-refractivity contribution in [1.29, 1.82) is 0 Å². The number of carboxylic acids is 1. The maximum absolute atomic E-state index is 12.9. The van der Waals surface area contributed by atoms with Crippen molar-refractivity contribution in [3.8, 4) is 5.75 Å². The van der Waals surface area contributed by atoms with Gasteiger partial charge in [0, 0.05) is 5.56 Å². The summed E-state index contributed by atoms with van der Waals surface area (Å²) in [4.78, 5) is 24.7. The highest BCUT2D eigenvalue weighted by Crippen LogP contribution is 2.36. The number of carbonyl (C=O) groups excluding carboxylic acids is 1. The van der Waals surface area contributed by atoms with Crippen LogP contribution in [0.15, 0.2) is 66.5 Å². The molecule has 0 fully saturated rings. The van der Waals surface area contributed by atoms with Gasteiger partial charge in [-0.1, -0.05) is 41.9 Å². The van der Waals surface area contributed by atoms with Crippen molar-refractivity contribution in [2.45, 2.75) is 13.0 Å². The number of aromatic nitrogens is 2. The number of hydrogen-bond acceptors (Lipinski definition) is 5.